The third-order valence-electron chi connectivity index (χ3n) is 4.88. The number of aryl methyl sites for hydroxylation is 1. The number of rotatable bonds is 3. The molecule has 0 saturated carbocycles. The quantitative estimate of drug-likeness (QED) is 0.505. The van der Waals surface area contributed by atoms with Gasteiger partial charge in [-0.1, -0.05) is 11.6 Å². The van der Waals surface area contributed by atoms with Gasteiger partial charge in [-0.2, -0.15) is 4.57 Å². The number of nitrogens with zero attached hydrogens (tertiary/aromatic N) is 2. The van der Waals surface area contributed by atoms with Crippen LogP contribution in [0, 0.1) is 0 Å². The number of fused-ring (bicyclic) bond motifs is 1. The van der Waals surface area contributed by atoms with Gasteiger partial charge in [-0.25, -0.2) is 4.57 Å². The van der Waals surface area contributed by atoms with Crippen molar-refractivity contribution >= 4 is 28.6 Å². The Bertz CT molecular complexity index is 872. The van der Waals surface area contributed by atoms with E-state index in [1.165, 1.54) is 36.3 Å². The molecule has 3 nitrogen and oxygen atoms in total. The minimum atomic E-state index is 0. The molecule has 0 fully saturated rings. The number of halogens is 2. The zero-order valence-corrected chi connectivity index (χ0v) is 17.3. The Balaban J connectivity index is 0.00000196. The minimum Gasteiger partial charge on any atom is -0.497 e. The fourth-order valence-electron chi connectivity index (χ4n) is 3.58. The Labute approximate surface area is 170 Å². The zero-order valence-electron chi connectivity index (χ0n) is 14.8. The van der Waals surface area contributed by atoms with Gasteiger partial charge in [0.2, 0.25) is 0 Å². The average molecular weight is 435 g/mol. The van der Waals surface area contributed by atoms with Crippen LogP contribution in [0.2, 0.25) is 5.02 Å². The summed E-state index contributed by atoms with van der Waals surface area (Å²) in [4.78, 5) is 0. The van der Waals surface area contributed by atoms with Gasteiger partial charge in [0.1, 0.15) is 17.6 Å². The molecule has 0 amide bonds. The maximum absolute atomic E-state index is 6.10. The molecule has 26 heavy (non-hydrogen) atoms. The first-order chi connectivity index (χ1) is 12.3. The molecular formula is C21H23BrClN2O+. The summed E-state index contributed by atoms with van der Waals surface area (Å²) in [5, 5.41) is 0.764. The molecule has 0 unspecified atom stereocenters. The molecule has 0 atom stereocenters. The van der Waals surface area contributed by atoms with Crippen molar-refractivity contribution in [3.8, 4) is 22.7 Å². The van der Waals surface area contributed by atoms with Crippen LogP contribution in [0.25, 0.3) is 16.9 Å². The average Bonchev–Trinajstić information content (AvgIpc) is 2.85. The number of imidazole rings is 1. The van der Waals surface area contributed by atoms with E-state index in [0.717, 1.165) is 29.4 Å². The smallest absolute Gasteiger partial charge is 0.262 e. The molecular weight excluding hydrogens is 412 g/mol. The van der Waals surface area contributed by atoms with Gasteiger partial charge in [0.25, 0.3) is 5.82 Å². The Morgan fingerprint density at radius 1 is 0.962 bits per heavy atom. The largest absolute Gasteiger partial charge is 0.497 e. The highest BCUT2D eigenvalue weighted by molar-refractivity contribution is 8.93. The van der Waals surface area contributed by atoms with Crippen molar-refractivity contribution in [1.82, 2.24) is 4.57 Å². The van der Waals surface area contributed by atoms with Gasteiger partial charge in [-0.15, -0.1) is 17.0 Å². The van der Waals surface area contributed by atoms with Gasteiger partial charge >= 0.3 is 0 Å². The fraction of sp³-hybridized carbons (Fsp3) is 0.286. The van der Waals surface area contributed by atoms with Crippen LogP contribution < -0.4 is 9.30 Å². The summed E-state index contributed by atoms with van der Waals surface area (Å²) >= 11 is 6.10. The third-order valence-corrected chi connectivity index (χ3v) is 5.13. The van der Waals surface area contributed by atoms with Crippen molar-refractivity contribution in [2.24, 2.45) is 0 Å². The molecule has 0 aliphatic carbocycles. The molecule has 0 N–H and O–H groups in total. The lowest BCUT2D eigenvalue weighted by Gasteiger charge is -2.06. The van der Waals surface area contributed by atoms with Gasteiger partial charge in [-0.05, 0) is 67.8 Å². The molecule has 1 aromatic heterocycles. The summed E-state index contributed by atoms with van der Waals surface area (Å²) < 4.78 is 10.1. The van der Waals surface area contributed by atoms with E-state index >= 15 is 0 Å². The SMILES string of the molecule is Br.COc1ccc(-c2c[n+]3c(n2-c2ccc(Cl)cc2)CCCCC3)cc1. The van der Waals surface area contributed by atoms with Crippen LogP contribution in [0.15, 0.2) is 54.7 Å². The van der Waals surface area contributed by atoms with E-state index in [1.54, 1.807) is 7.11 Å². The topological polar surface area (TPSA) is 18.0 Å². The van der Waals surface area contributed by atoms with Crippen molar-refractivity contribution in [2.75, 3.05) is 7.11 Å². The predicted molar refractivity (Wildman–Crippen MR) is 111 cm³/mol. The second kappa shape index (κ2) is 8.28. The lowest BCUT2D eigenvalue weighted by atomic mass is 10.1. The van der Waals surface area contributed by atoms with Gasteiger partial charge in [-0.3, -0.25) is 0 Å². The molecule has 136 valence electrons. The number of aromatic nitrogens is 2. The molecule has 1 aliphatic heterocycles. The molecule has 2 heterocycles. The van der Waals surface area contributed by atoms with Crippen molar-refractivity contribution in [3.63, 3.8) is 0 Å². The Morgan fingerprint density at radius 2 is 1.69 bits per heavy atom. The standard InChI is InChI=1S/C21H22ClN2O.BrH/c1-25-19-12-6-16(7-13-19)20-15-23-14-4-2-3-5-21(23)24(20)18-10-8-17(22)9-11-18;/h6-13,15H,2-5,14H2,1H3;1H/q+1;. The van der Waals surface area contributed by atoms with Crippen LogP contribution in [0.4, 0.5) is 0 Å². The summed E-state index contributed by atoms with van der Waals surface area (Å²) in [6.07, 6.45) is 7.15. The summed E-state index contributed by atoms with van der Waals surface area (Å²) in [6, 6.07) is 16.4. The van der Waals surface area contributed by atoms with E-state index in [4.69, 9.17) is 16.3 Å². The minimum absolute atomic E-state index is 0. The van der Waals surface area contributed by atoms with Crippen LogP contribution in [0.5, 0.6) is 5.75 Å². The number of hydrogen-bond donors (Lipinski definition) is 0. The molecule has 0 spiro atoms. The molecule has 3 aromatic rings. The molecule has 0 bridgehead atoms. The Morgan fingerprint density at radius 3 is 2.38 bits per heavy atom. The highest BCUT2D eigenvalue weighted by Gasteiger charge is 2.27. The zero-order chi connectivity index (χ0) is 17.2. The van der Waals surface area contributed by atoms with Crippen LogP contribution in [-0.2, 0) is 13.0 Å². The van der Waals surface area contributed by atoms with Crippen molar-refractivity contribution in [3.05, 3.63) is 65.6 Å². The van der Waals surface area contributed by atoms with Crippen molar-refractivity contribution in [2.45, 2.75) is 32.2 Å². The molecule has 1 aliphatic rings. The van der Waals surface area contributed by atoms with Crippen LogP contribution in [0.1, 0.15) is 25.1 Å². The lowest BCUT2D eigenvalue weighted by Crippen LogP contribution is -2.35. The number of ether oxygens (including phenoxy) is 1. The summed E-state index contributed by atoms with van der Waals surface area (Å²) in [5.41, 5.74) is 3.56. The van der Waals surface area contributed by atoms with Crippen LogP contribution in [-0.4, -0.2) is 11.7 Å². The highest BCUT2D eigenvalue weighted by atomic mass is 79.9. The third kappa shape index (κ3) is 3.67. The van der Waals surface area contributed by atoms with Gasteiger partial charge in [0.15, 0.2) is 5.69 Å². The number of benzene rings is 2. The summed E-state index contributed by atoms with van der Waals surface area (Å²) in [7, 11) is 1.70. The van der Waals surface area contributed by atoms with Gasteiger partial charge < -0.3 is 4.74 Å². The molecule has 5 heteroatoms. The van der Waals surface area contributed by atoms with E-state index in [9.17, 15) is 0 Å². The fourth-order valence-corrected chi connectivity index (χ4v) is 3.71. The highest BCUT2D eigenvalue weighted by Crippen LogP contribution is 2.28. The molecule has 0 saturated heterocycles. The first-order valence-corrected chi connectivity index (χ1v) is 9.18. The van der Waals surface area contributed by atoms with Gasteiger partial charge in [0, 0.05) is 17.0 Å². The van der Waals surface area contributed by atoms with E-state index in [0.29, 0.717) is 0 Å². The second-order valence-electron chi connectivity index (χ2n) is 6.47. The normalized spacial score (nSPS) is 13.5. The van der Waals surface area contributed by atoms with Crippen LogP contribution >= 0.6 is 28.6 Å². The number of hydrogen-bond acceptors (Lipinski definition) is 1. The number of methoxy groups -OCH3 is 1. The van der Waals surface area contributed by atoms with E-state index in [2.05, 4.69) is 39.6 Å². The van der Waals surface area contributed by atoms with E-state index in [-0.39, 0.29) is 17.0 Å². The summed E-state index contributed by atoms with van der Waals surface area (Å²) in [6.45, 7) is 1.08. The Hall–Kier alpha value is -1.78. The monoisotopic (exact) mass is 433 g/mol. The molecule has 0 radical (unpaired) electrons. The van der Waals surface area contributed by atoms with E-state index < -0.39 is 0 Å². The van der Waals surface area contributed by atoms with Crippen molar-refractivity contribution in [1.29, 1.82) is 0 Å². The first-order valence-electron chi connectivity index (χ1n) is 8.81. The molecule has 4 rings (SSSR count). The predicted octanol–water partition coefficient (Wildman–Crippen LogP) is 5.40. The first kappa shape index (κ1) is 19.0. The summed E-state index contributed by atoms with van der Waals surface area (Å²) in [5.74, 6) is 2.24. The molecule has 2 aromatic carbocycles. The van der Waals surface area contributed by atoms with Gasteiger partial charge in [0.05, 0.1) is 13.7 Å². The van der Waals surface area contributed by atoms with E-state index in [1.807, 2.05) is 24.3 Å². The maximum Gasteiger partial charge on any atom is 0.262 e. The lowest BCUT2D eigenvalue weighted by molar-refractivity contribution is -0.702. The van der Waals surface area contributed by atoms with Crippen LogP contribution in [0.3, 0.4) is 0 Å². The van der Waals surface area contributed by atoms with Crippen molar-refractivity contribution < 1.29 is 9.30 Å². The Kier molecular flexibility index (Phi) is 6.05. The maximum atomic E-state index is 6.10. The second-order valence-corrected chi connectivity index (χ2v) is 6.91.